The second kappa shape index (κ2) is 4.04. The summed E-state index contributed by atoms with van der Waals surface area (Å²) in [6, 6.07) is 2.44. The van der Waals surface area contributed by atoms with Crippen molar-refractivity contribution in [2.45, 2.75) is 38.6 Å². The first-order valence-electron chi connectivity index (χ1n) is 5.43. The molecule has 1 aromatic rings. The Balaban J connectivity index is 2.07. The van der Waals surface area contributed by atoms with E-state index in [1.807, 2.05) is 10.7 Å². The largest absolute Gasteiger partial charge is 0.481 e. The molecule has 0 radical (unpaired) electrons. The van der Waals surface area contributed by atoms with Crippen LogP contribution in [0.25, 0.3) is 0 Å². The number of carbonyl (C=O) groups is 1. The molecule has 2 rings (SSSR count). The molecule has 1 unspecified atom stereocenters. The number of rotatable bonds is 4. The molecule has 0 spiro atoms. The average Bonchev–Trinajstić information content (AvgIpc) is 2.50. The predicted molar refractivity (Wildman–Crippen MR) is 55.6 cm³/mol. The lowest BCUT2D eigenvalue weighted by atomic mass is 9.92. The van der Waals surface area contributed by atoms with E-state index in [9.17, 15) is 4.79 Å². The second-order valence-corrected chi connectivity index (χ2v) is 4.30. The number of carboxylic acid groups (broad SMARTS) is 1. The van der Waals surface area contributed by atoms with Crippen molar-refractivity contribution < 1.29 is 9.90 Å². The number of hydrogen-bond donors (Lipinski definition) is 1. The molecule has 1 N–H and O–H groups in total. The lowest BCUT2D eigenvalue weighted by molar-refractivity contribution is -0.141. The molecule has 1 aromatic heterocycles. The molecule has 4 heteroatoms. The lowest BCUT2D eigenvalue weighted by Gasteiger charge is -2.27. The summed E-state index contributed by atoms with van der Waals surface area (Å²) in [7, 11) is 0. The number of aromatic nitrogens is 2. The zero-order chi connectivity index (χ0) is 10.8. The molecule has 1 aliphatic rings. The third-order valence-corrected chi connectivity index (χ3v) is 3.11. The maximum Gasteiger partial charge on any atom is 0.306 e. The first kappa shape index (κ1) is 10.2. The summed E-state index contributed by atoms with van der Waals surface area (Å²) >= 11 is 0. The first-order valence-corrected chi connectivity index (χ1v) is 5.43. The topological polar surface area (TPSA) is 55.1 Å². The van der Waals surface area contributed by atoms with E-state index in [-0.39, 0.29) is 5.92 Å². The van der Waals surface area contributed by atoms with Crippen LogP contribution in [0.15, 0.2) is 12.3 Å². The van der Waals surface area contributed by atoms with Crippen LogP contribution >= 0.6 is 0 Å². The van der Waals surface area contributed by atoms with Gasteiger partial charge in [0.25, 0.3) is 0 Å². The SMILES string of the molecule is CC(Cc1ccnn1C1CCC1)C(=O)O. The highest BCUT2D eigenvalue weighted by atomic mass is 16.4. The van der Waals surface area contributed by atoms with Crippen molar-refractivity contribution >= 4 is 5.97 Å². The van der Waals surface area contributed by atoms with Crippen molar-refractivity contribution in [3.63, 3.8) is 0 Å². The molecule has 1 aliphatic carbocycles. The fourth-order valence-corrected chi connectivity index (χ4v) is 1.86. The summed E-state index contributed by atoms with van der Waals surface area (Å²) in [4.78, 5) is 10.8. The molecule has 82 valence electrons. The van der Waals surface area contributed by atoms with Crippen LogP contribution in [0.1, 0.15) is 37.9 Å². The van der Waals surface area contributed by atoms with E-state index < -0.39 is 5.97 Å². The minimum Gasteiger partial charge on any atom is -0.481 e. The van der Waals surface area contributed by atoms with Crippen molar-refractivity contribution in [2.24, 2.45) is 5.92 Å². The normalized spacial score (nSPS) is 18.5. The van der Waals surface area contributed by atoms with Gasteiger partial charge in [-0.1, -0.05) is 6.92 Å². The number of nitrogens with zero attached hydrogens (tertiary/aromatic N) is 2. The van der Waals surface area contributed by atoms with Crippen LogP contribution in [0.5, 0.6) is 0 Å². The number of hydrogen-bond acceptors (Lipinski definition) is 2. The van der Waals surface area contributed by atoms with Crippen molar-refractivity contribution in [3.05, 3.63) is 18.0 Å². The van der Waals surface area contributed by atoms with E-state index in [1.54, 1.807) is 13.1 Å². The Bertz CT molecular complexity index is 355. The Morgan fingerprint density at radius 2 is 2.47 bits per heavy atom. The quantitative estimate of drug-likeness (QED) is 0.821. The van der Waals surface area contributed by atoms with Gasteiger partial charge >= 0.3 is 5.97 Å². The molecule has 0 bridgehead atoms. The second-order valence-electron chi connectivity index (χ2n) is 4.30. The molecule has 15 heavy (non-hydrogen) atoms. The van der Waals surface area contributed by atoms with Crippen molar-refractivity contribution in [1.82, 2.24) is 9.78 Å². The van der Waals surface area contributed by atoms with E-state index >= 15 is 0 Å². The van der Waals surface area contributed by atoms with E-state index in [2.05, 4.69) is 5.10 Å². The minimum absolute atomic E-state index is 0.333. The number of aliphatic carboxylic acids is 1. The molecular weight excluding hydrogens is 192 g/mol. The van der Waals surface area contributed by atoms with Gasteiger partial charge in [-0.3, -0.25) is 9.48 Å². The molecule has 4 nitrogen and oxygen atoms in total. The fraction of sp³-hybridized carbons (Fsp3) is 0.636. The van der Waals surface area contributed by atoms with Crippen LogP contribution in [0.4, 0.5) is 0 Å². The lowest BCUT2D eigenvalue weighted by Crippen LogP contribution is -2.22. The molecule has 0 amide bonds. The third kappa shape index (κ3) is 2.03. The molecule has 1 fully saturated rings. The Morgan fingerprint density at radius 3 is 3.00 bits per heavy atom. The van der Waals surface area contributed by atoms with Crippen LogP contribution in [0.3, 0.4) is 0 Å². The highest BCUT2D eigenvalue weighted by Gasteiger charge is 2.23. The molecule has 0 aromatic carbocycles. The highest BCUT2D eigenvalue weighted by Crippen LogP contribution is 2.32. The van der Waals surface area contributed by atoms with Crippen LogP contribution in [-0.4, -0.2) is 20.9 Å². The summed E-state index contributed by atoms with van der Waals surface area (Å²) in [5.74, 6) is -1.07. The molecule has 0 aliphatic heterocycles. The summed E-state index contributed by atoms with van der Waals surface area (Å²) in [5.41, 5.74) is 1.05. The molecule has 1 atom stereocenters. The Labute approximate surface area is 88.9 Å². The van der Waals surface area contributed by atoms with Gasteiger partial charge in [0.15, 0.2) is 0 Å². The highest BCUT2D eigenvalue weighted by molar-refractivity contribution is 5.69. The van der Waals surface area contributed by atoms with Crippen LogP contribution < -0.4 is 0 Å². The van der Waals surface area contributed by atoms with Gasteiger partial charge in [0.05, 0.1) is 12.0 Å². The van der Waals surface area contributed by atoms with E-state index in [0.29, 0.717) is 12.5 Å². The van der Waals surface area contributed by atoms with Gasteiger partial charge in [-0.25, -0.2) is 0 Å². The van der Waals surface area contributed by atoms with Gasteiger partial charge in [-0.05, 0) is 25.3 Å². The van der Waals surface area contributed by atoms with Gasteiger partial charge in [-0.15, -0.1) is 0 Å². The average molecular weight is 208 g/mol. The molecular formula is C11H16N2O2. The fourth-order valence-electron chi connectivity index (χ4n) is 1.86. The summed E-state index contributed by atoms with van der Waals surface area (Å²) in [6.45, 7) is 1.74. The number of carboxylic acids is 1. The zero-order valence-electron chi connectivity index (χ0n) is 8.89. The van der Waals surface area contributed by atoms with E-state index in [0.717, 1.165) is 5.69 Å². The Kier molecular flexibility index (Phi) is 2.75. The van der Waals surface area contributed by atoms with Crippen LogP contribution in [0.2, 0.25) is 0 Å². The standard InChI is InChI=1S/C11H16N2O2/c1-8(11(14)15)7-10-5-6-12-13(10)9-3-2-4-9/h5-6,8-9H,2-4,7H2,1H3,(H,14,15). The van der Waals surface area contributed by atoms with Crippen molar-refractivity contribution in [2.75, 3.05) is 0 Å². The minimum atomic E-state index is -0.739. The van der Waals surface area contributed by atoms with Gasteiger partial charge in [0, 0.05) is 18.3 Å². The molecule has 0 saturated heterocycles. The summed E-state index contributed by atoms with van der Waals surface area (Å²) < 4.78 is 2.00. The van der Waals surface area contributed by atoms with Crippen molar-refractivity contribution in [3.8, 4) is 0 Å². The zero-order valence-corrected chi connectivity index (χ0v) is 8.89. The van der Waals surface area contributed by atoms with E-state index in [4.69, 9.17) is 5.11 Å². The van der Waals surface area contributed by atoms with Crippen LogP contribution in [0, 0.1) is 5.92 Å². The van der Waals surface area contributed by atoms with Gasteiger partial charge in [-0.2, -0.15) is 5.10 Å². The Hall–Kier alpha value is -1.32. The monoisotopic (exact) mass is 208 g/mol. The maximum absolute atomic E-state index is 10.8. The van der Waals surface area contributed by atoms with Gasteiger partial charge < -0.3 is 5.11 Å². The third-order valence-electron chi connectivity index (χ3n) is 3.11. The Morgan fingerprint density at radius 1 is 1.73 bits per heavy atom. The predicted octanol–water partition coefficient (Wildman–Crippen LogP) is 1.87. The van der Waals surface area contributed by atoms with E-state index in [1.165, 1.54) is 19.3 Å². The first-order chi connectivity index (χ1) is 7.18. The van der Waals surface area contributed by atoms with Gasteiger partial charge in [0.1, 0.15) is 0 Å². The van der Waals surface area contributed by atoms with Crippen LogP contribution in [-0.2, 0) is 11.2 Å². The smallest absolute Gasteiger partial charge is 0.306 e. The van der Waals surface area contributed by atoms with Gasteiger partial charge in [0.2, 0.25) is 0 Å². The molecule has 1 heterocycles. The maximum atomic E-state index is 10.8. The summed E-state index contributed by atoms with van der Waals surface area (Å²) in [6.07, 6.45) is 5.96. The van der Waals surface area contributed by atoms with Crippen molar-refractivity contribution in [1.29, 1.82) is 0 Å². The molecule has 1 saturated carbocycles. The summed E-state index contributed by atoms with van der Waals surface area (Å²) in [5, 5.41) is 13.1.